The van der Waals surface area contributed by atoms with Crippen molar-refractivity contribution in [3.05, 3.63) is 59.4 Å². The van der Waals surface area contributed by atoms with Gasteiger partial charge in [0.05, 0.1) is 5.52 Å². The first-order valence-corrected chi connectivity index (χ1v) is 11.3. The van der Waals surface area contributed by atoms with Gasteiger partial charge in [0.1, 0.15) is 11.5 Å². The van der Waals surface area contributed by atoms with Gasteiger partial charge in [0, 0.05) is 36.3 Å². The van der Waals surface area contributed by atoms with Crippen molar-refractivity contribution in [1.82, 2.24) is 9.97 Å². The number of aromatic nitrogens is 2. The topological polar surface area (TPSA) is 58.1 Å². The Hall–Kier alpha value is -3.16. The van der Waals surface area contributed by atoms with E-state index in [0.29, 0.717) is 23.7 Å². The SMILES string of the molecule is Cc1cc2cc(NC(=O)CCc3ccc(C(F)(F)F)nc3)ccc2nc1N1CC2CCC1C2. The Balaban J connectivity index is 1.23. The minimum atomic E-state index is -4.46. The summed E-state index contributed by atoms with van der Waals surface area (Å²) in [7, 11) is 0. The summed E-state index contributed by atoms with van der Waals surface area (Å²) in [5.41, 5.74) is 2.35. The average molecular weight is 454 g/mol. The lowest BCUT2D eigenvalue weighted by molar-refractivity contribution is -0.141. The molecule has 2 aromatic heterocycles. The highest BCUT2D eigenvalue weighted by Gasteiger charge is 2.39. The fraction of sp³-hybridized carbons (Fsp3) is 0.400. The Morgan fingerprint density at radius 2 is 2.03 bits per heavy atom. The van der Waals surface area contributed by atoms with E-state index in [-0.39, 0.29) is 12.3 Å². The first kappa shape index (κ1) is 21.7. The number of hydrogen-bond acceptors (Lipinski definition) is 4. The van der Waals surface area contributed by atoms with Gasteiger partial charge in [0.25, 0.3) is 0 Å². The van der Waals surface area contributed by atoms with Crippen LogP contribution in [-0.4, -0.2) is 28.5 Å². The molecule has 0 spiro atoms. The lowest BCUT2D eigenvalue weighted by Crippen LogP contribution is -2.33. The molecule has 33 heavy (non-hydrogen) atoms. The maximum Gasteiger partial charge on any atom is 0.433 e. The van der Waals surface area contributed by atoms with Crippen LogP contribution in [0.25, 0.3) is 10.9 Å². The van der Waals surface area contributed by atoms with Gasteiger partial charge in [-0.05, 0) is 80.0 Å². The molecule has 2 atom stereocenters. The number of fused-ring (bicyclic) bond motifs is 3. The van der Waals surface area contributed by atoms with Gasteiger partial charge in [0.15, 0.2) is 0 Å². The molecule has 2 aliphatic rings. The van der Waals surface area contributed by atoms with E-state index in [0.717, 1.165) is 40.8 Å². The van der Waals surface area contributed by atoms with Crippen LogP contribution in [0.15, 0.2) is 42.6 Å². The van der Waals surface area contributed by atoms with Crippen molar-refractivity contribution in [3.8, 4) is 0 Å². The first-order chi connectivity index (χ1) is 15.8. The van der Waals surface area contributed by atoms with E-state index in [1.807, 2.05) is 18.2 Å². The fourth-order valence-electron chi connectivity index (χ4n) is 5.05. The molecular weight excluding hydrogens is 429 g/mol. The largest absolute Gasteiger partial charge is 0.433 e. The van der Waals surface area contributed by atoms with Crippen LogP contribution in [0.3, 0.4) is 0 Å². The molecule has 1 aliphatic heterocycles. The number of nitrogens with zero attached hydrogens (tertiary/aromatic N) is 3. The molecule has 3 aromatic rings. The third-order valence-electron chi connectivity index (χ3n) is 6.70. The molecule has 1 saturated heterocycles. The molecule has 1 aliphatic carbocycles. The van der Waals surface area contributed by atoms with Crippen LogP contribution >= 0.6 is 0 Å². The van der Waals surface area contributed by atoms with Crippen molar-refractivity contribution in [1.29, 1.82) is 0 Å². The van der Waals surface area contributed by atoms with Gasteiger partial charge in [0.2, 0.25) is 5.91 Å². The van der Waals surface area contributed by atoms with Crippen molar-refractivity contribution in [2.24, 2.45) is 5.92 Å². The van der Waals surface area contributed by atoms with Crippen molar-refractivity contribution >= 4 is 28.3 Å². The molecule has 5 nitrogen and oxygen atoms in total. The van der Waals surface area contributed by atoms with Gasteiger partial charge in [-0.3, -0.25) is 9.78 Å². The molecule has 3 heterocycles. The van der Waals surface area contributed by atoms with Crippen LogP contribution in [0.4, 0.5) is 24.7 Å². The number of aryl methyl sites for hydroxylation is 2. The Morgan fingerprint density at radius 1 is 1.18 bits per heavy atom. The highest BCUT2D eigenvalue weighted by Crippen LogP contribution is 2.41. The summed E-state index contributed by atoms with van der Waals surface area (Å²) in [5.74, 6) is 1.66. The normalized spacial score (nSPS) is 19.9. The summed E-state index contributed by atoms with van der Waals surface area (Å²) in [6, 6.07) is 10.7. The number of halogens is 3. The van der Waals surface area contributed by atoms with Crippen molar-refractivity contribution in [2.75, 3.05) is 16.8 Å². The Bertz CT molecular complexity index is 1190. The number of carbonyl (C=O) groups is 1. The second-order valence-electron chi connectivity index (χ2n) is 9.12. The number of rotatable bonds is 5. The third-order valence-corrected chi connectivity index (χ3v) is 6.70. The lowest BCUT2D eigenvalue weighted by Gasteiger charge is -2.29. The third kappa shape index (κ3) is 4.51. The van der Waals surface area contributed by atoms with Crippen molar-refractivity contribution < 1.29 is 18.0 Å². The monoisotopic (exact) mass is 454 g/mol. The van der Waals surface area contributed by atoms with Crippen molar-refractivity contribution in [2.45, 2.75) is 51.2 Å². The molecule has 172 valence electrons. The molecule has 5 rings (SSSR count). The number of anilines is 2. The first-order valence-electron chi connectivity index (χ1n) is 11.3. The van der Waals surface area contributed by atoms with Gasteiger partial charge >= 0.3 is 6.18 Å². The van der Waals surface area contributed by atoms with Gasteiger partial charge in [-0.2, -0.15) is 13.2 Å². The molecule has 2 bridgehead atoms. The zero-order valence-electron chi connectivity index (χ0n) is 18.3. The number of nitrogens with one attached hydrogen (secondary N) is 1. The van der Waals surface area contributed by atoms with Crippen LogP contribution in [0.2, 0.25) is 0 Å². The Kier molecular flexibility index (Phi) is 5.46. The van der Waals surface area contributed by atoms with E-state index in [1.165, 1.54) is 31.5 Å². The molecule has 1 saturated carbocycles. The maximum atomic E-state index is 12.6. The average Bonchev–Trinajstić information content (AvgIpc) is 3.41. The summed E-state index contributed by atoms with van der Waals surface area (Å²) in [5, 5.41) is 3.84. The standard InChI is InChI=1S/C25H25F3N4O/c1-15-10-18-12-19(5-7-21(18)31-24(15)32-14-17-2-6-20(32)11-17)30-23(33)9-4-16-3-8-22(29-13-16)25(26,27)28/h3,5,7-8,10,12-13,17,20H,2,4,6,9,11,14H2,1H3,(H,30,33). The fourth-order valence-corrected chi connectivity index (χ4v) is 5.05. The predicted octanol–water partition coefficient (Wildman–Crippen LogP) is 5.52. The molecule has 0 radical (unpaired) electrons. The van der Waals surface area contributed by atoms with E-state index < -0.39 is 11.9 Å². The molecule has 1 amide bonds. The van der Waals surface area contributed by atoms with Crippen molar-refractivity contribution in [3.63, 3.8) is 0 Å². The number of alkyl halides is 3. The smallest absolute Gasteiger partial charge is 0.353 e. The van der Waals surface area contributed by atoms with Gasteiger partial charge in [-0.1, -0.05) is 6.07 Å². The second kappa shape index (κ2) is 8.32. The summed E-state index contributed by atoms with van der Waals surface area (Å²) in [4.78, 5) is 23.2. The van der Waals surface area contributed by atoms with Gasteiger partial charge in [-0.15, -0.1) is 0 Å². The lowest BCUT2D eigenvalue weighted by atomic mass is 10.1. The minimum Gasteiger partial charge on any atom is -0.353 e. The highest BCUT2D eigenvalue weighted by molar-refractivity contribution is 5.94. The summed E-state index contributed by atoms with van der Waals surface area (Å²) in [6.07, 6.45) is 1.01. The zero-order valence-corrected chi connectivity index (χ0v) is 18.3. The maximum absolute atomic E-state index is 12.6. The Morgan fingerprint density at radius 3 is 2.70 bits per heavy atom. The van der Waals surface area contributed by atoms with E-state index in [9.17, 15) is 18.0 Å². The molecule has 2 fully saturated rings. The number of pyridine rings is 2. The number of benzene rings is 1. The Labute approximate surface area is 190 Å². The minimum absolute atomic E-state index is 0.152. The molecule has 1 aromatic carbocycles. The molecular formula is C25H25F3N4O. The van der Waals surface area contributed by atoms with E-state index in [4.69, 9.17) is 4.98 Å². The summed E-state index contributed by atoms with van der Waals surface area (Å²) >= 11 is 0. The van der Waals surface area contributed by atoms with E-state index in [1.54, 1.807) is 0 Å². The molecule has 1 N–H and O–H groups in total. The second-order valence-corrected chi connectivity index (χ2v) is 9.12. The number of amides is 1. The summed E-state index contributed by atoms with van der Waals surface area (Å²) < 4.78 is 37.8. The molecule has 8 heteroatoms. The number of piperidine rings is 1. The van der Waals surface area contributed by atoms with Crippen LogP contribution in [-0.2, 0) is 17.4 Å². The van der Waals surface area contributed by atoms with E-state index in [2.05, 4.69) is 28.2 Å². The van der Waals surface area contributed by atoms with E-state index >= 15 is 0 Å². The highest BCUT2D eigenvalue weighted by atomic mass is 19.4. The predicted molar refractivity (Wildman–Crippen MR) is 121 cm³/mol. The van der Waals surface area contributed by atoms with Gasteiger partial charge in [-0.25, -0.2) is 4.98 Å². The van der Waals surface area contributed by atoms with Crippen LogP contribution in [0.5, 0.6) is 0 Å². The molecule has 2 unspecified atom stereocenters. The number of hydrogen-bond donors (Lipinski definition) is 1. The van der Waals surface area contributed by atoms with Crippen LogP contribution < -0.4 is 10.2 Å². The number of carbonyl (C=O) groups excluding carboxylic acids is 1. The van der Waals surface area contributed by atoms with Gasteiger partial charge < -0.3 is 10.2 Å². The van der Waals surface area contributed by atoms with Crippen LogP contribution in [0, 0.1) is 12.8 Å². The van der Waals surface area contributed by atoms with Crippen LogP contribution in [0.1, 0.15) is 42.5 Å². The zero-order chi connectivity index (χ0) is 23.2. The summed E-state index contributed by atoms with van der Waals surface area (Å²) in [6.45, 7) is 3.17. The quantitative estimate of drug-likeness (QED) is 0.552.